The number of carbonyl (C=O) groups is 2. The molecular formula is C16H19N5O2S. The molecule has 0 aliphatic carbocycles. The fraction of sp³-hybridized carbons (Fsp3) is 0.312. The summed E-state index contributed by atoms with van der Waals surface area (Å²) in [5.41, 5.74) is 7.85. The highest BCUT2D eigenvalue weighted by Gasteiger charge is 2.27. The molecule has 1 aromatic heterocycles. The molecule has 126 valence electrons. The Hall–Kier alpha value is -2.29. The first-order valence-electron chi connectivity index (χ1n) is 7.67. The molecule has 24 heavy (non-hydrogen) atoms. The van der Waals surface area contributed by atoms with Gasteiger partial charge >= 0.3 is 0 Å². The molecule has 2 atom stereocenters. The monoisotopic (exact) mass is 345 g/mol. The van der Waals surface area contributed by atoms with E-state index in [2.05, 4.69) is 26.5 Å². The molecule has 2 unspecified atom stereocenters. The van der Waals surface area contributed by atoms with Gasteiger partial charge in [-0.3, -0.25) is 20.3 Å². The van der Waals surface area contributed by atoms with E-state index in [4.69, 9.17) is 0 Å². The summed E-state index contributed by atoms with van der Waals surface area (Å²) in [6, 6.07) is 5.23. The maximum absolute atomic E-state index is 12.4. The molecule has 0 bridgehead atoms. The molecule has 2 heterocycles. The van der Waals surface area contributed by atoms with E-state index in [-0.39, 0.29) is 23.9 Å². The summed E-state index contributed by atoms with van der Waals surface area (Å²) >= 11 is 1.36. The van der Waals surface area contributed by atoms with Gasteiger partial charge in [0.2, 0.25) is 5.91 Å². The first kappa shape index (κ1) is 16.6. The van der Waals surface area contributed by atoms with Gasteiger partial charge in [-0.05, 0) is 38.0 Å². The Morgan fingerprint density at radius 3 is 2.79 bits per heavy atom. The Morgan fingerprint density at radius 1 is 1.29 bits per heavy atom. The van der Waals surface area contributed by atoms with Crippen LogP contribution in [0.4, 0.5) is 10.8 Å². The van der Waals surface area contributed by atoms with Gasteiger partial charge in [0, 0.05) is 28.9 Å². The number of hydrazine groups is 1. The Kier molecular flexibility index (Phi) is 4.89. The molecule has 2 aromatic rings. The molecule has 1 fully saturated rings. The molecule has 7 nitrogen and oxygen atoms in total. The summed E-state index contributed by atoms with van der Waals surface area (Å²) in [5, 5.41) is 7.99. The van der Waals surface area contributed by atoms with Crippen LogP contribution < -0.4 is 21.5 Å². The highest BCUT2D eigenvalue weighted by atomic mass is 32.1. The van der Waals surface area contributed by atoms with E-state index < -0.39 is 0 Å². The number of nitrogens with zero attached hydrogens (tertiary/aromatic N) is 1. The summed E-state index contributed by atoms with van der Waals surface area (Å²) in [6.45, 7) is 3.82. The Morgan fingerprint density at radius 2 is 2.12 bits per heavy atom. The molecular weight excluding hydrogens is 326 g/mol. The normalized spacial score (nSPS) is 19.9. The van der Waals surface area contributed by atoms with Crippen molar-refractivity contribution in [2.45, 2.75) is 32.4 Å². The average molecular weight is 345 g/mol. The third-order valence-corrected chi connectivity index (χ3v) is 4.59. The predicted molar refractivity (Wildman–Crippen MR) is 94.0 cm³/mol. The number of hydrogen-bond acceptors (Lipinski definition) is 6. The lowest BCUT2D eigenvalue weighted by Crippen LogP contribution is -2.40. The predicted octanol–water partition coefficient (Wildman–Crippen LogP) is 1.90. The van der Waals surface area contributed by atoms with E-state index >= 15 is 0 Å². The van der Waals surface area contributed by atoms with E-state index in [1.54, 1.807) is 29.8 Å². The van der Waals surface area contributed by atoms with Crippen molar-refractivity contribution < 1.29 is 9.59 Å². The number of thiazole rings is 1. The number of benzene rings is 1. The van der Waals surface area contributed by atoms with Gasteiger partial charge in [0.1, 0.15) is 6.04 Å². The highest BCUT2D eigenvalue weighted by Crippen LogP contribution is 2.21. The van der Waals surface area contributed by atoms with Crippen molar-refractivity contribution in [3.8, 4) is 0 Å². The molecule has 1 saturated heterocycles. The fourth-order valence-electron chi connectivity index (χ4n) is 2.57. The number of rotatable bonds is 4. The van der Waals surface area contributed by atoms with Crippen LogP contribution in [0.5, 0.6) is 0 Å². The lowest BCUT2D eigenvalue weighted by Gasteiger charge is -2.14. The first-order valence-corrected chi connectivity index (χ1v) is 8.55. The molecule has 0 radical (unpaired) electrons. The SMILES string of the molecule is Cc1c(NC(=O)C2CC(C)NN2)cccc1C(=O)Nc1nccs1. The van der Waals surface area contributed by atoms with E-state index in [0.29, 0.717) is 16.4 Å². The topological polar surface area (TPSA) is 95.2 Å². The van der Waals surface area contributed by atoms with E-state index in [0.717, 1.165) is 12.0 Å². The average Bonchev–Trinajstić information content (AvgIpc) is 3.21. The van der Waals surface area contributed by atoms with Crippen LogP contribution in [0.1, 0.15) is 29.3 Å². The standard InChI is InChI=1S/C16H19N5O2S/c1-9-8-13(21-20-9)15(23)18-12-5-3-4-11(10(12)2)14(22)19-16-17-6-7-24-16/h3-7,9,13,20-21H,8H2,1-2H3,(H,18,23)(H,17,19,22). The Bertz CT molecular complexity index is 747. The number of hydrogen-bond donors (Lipinski definition) is 4. The van der Waals surface area contributed by atoms with Gasteiger partial charge < -0.3 is 5.32 Å². The van der Waals surface area contributed by atoms with Crippen molar-refractivity contribution in [2.24, 2.45) is 0 Å². The molecule has 2 amide bonds. The minimum absolute atomic E-state index is 0.118. The van der Waals surface area contributed by atoms with Crippen molar-refractivity contribution in [1.29, 1.82) is 0 Å². The van der Waals surface area contributed by atoms with Gasteiger partial charge in [0.15, 0.2) is 5.13 Å². The molecule has 0 spiro atoms. The van der Waals surface area contributed by atoms with Crippen LogP contribution in [0, 0.1) is 6.92 Å². The second-order valence-corrected chi connectivity index (χ2v) is 6.63. The molecule has 4 N–H and O–H groups in total. The zero-order valence-corrected chi connectivity index (χ0v) is 14.2. The third-order valence-electron chi connectivity index (χ3n) is 3.90. The van der Waals surface area contributed by atoms with Crippen molar-refractivity contribution in [1.82, 2.24) is 15.8 Å². The smallest absolute Gasteiger partial charge is 0.257 e. The van der Waals surface area contributed by atoms with Crippen LogP contribution in [0.3, 0.4) is 0 Å². The number of anilines is 2. The Labute approximate surface area is 143 Å². The molecule has 1 aliphatic heterocycles. The van der Waals surface area contributed by atoms with Crippen LogP contribution in [0.15, 0.2) is 29.8 Å². The maximum Gasteiger partial charge on any atom is 0.257 e. The largest absolute Gasteiger partial charge is 0.324 e. The molecule has 0 saturated carbocycles. The molecule has 1 aliphatic rings. The number of nitrogens with one attached hydrogen (secondary N) is 4. The van der Waals surface area contributed by atoms with Crippen molar-refractivity contribution in [3.63, 3.8) is 0 Å². The summed E-state index contributed by atoms with van der Waals surface area (Å²) in [4.78, 5) is 28.8. The lowest BCUT2D eigenvalue weighted by molar-refractivity contribution is -0.117. The third kappa shape index (κ3) is 3.61. The van der Waals surface area contributed by atoms with Crippen LogP contribution in [-0.4, -0.2) is 28.9 Å². The number of amides is 2. The Balaban J connectivity index is 1.73. The number of carbonyl (C=O) groups excluding carboxylic acids is 2. The zero-order valence-electron chi connectivity index (χ0n) is 13.4. The second-order valence-electron chi connectivity index (χ2n) is 5.74. The van der Waals surface area contributed by atoms with Crippen molar-refractivity contribution in [2.75, 3.05) is 10.6 Å². The highest BCUT2D eigenvalue weighted by molar-refractivity contribution is 7.13. The van der Waals surface area contributed by atoms with Gasteiger partial charge in [-0.1, -0.05) is 6.07 Å². The molecule has 1 aromatic carbocycles. The van der Waals surface area contributed by atoms with Crippen LogP contribution >= 0.6 is 11.3 Å². The second kappa shape index (κ2) is 7.08. The zero-order chi connectivity index (χ0) is 17.1. The summed E-state index contributed by atoms with van der Waals surface area (Å²) in [6.07, 6.45) is 2.35. The van der Waals surface area contributed by atoms with E-state index in [1.165, 1.54) is 11.3 Å². The minimum Gasteiger partial charge on any atom is -0.324 e. The first-order chi connectivity index (χ1) is 11.5. The van der Waals surface area contributed by atoms with Gasteiger partial charge in [-0.2, -0.15) is 0 Å². The van der Waals surface area contributed by atoms with E-state index in [9.17, 15) is 9.59 Å². The molecule has 8 heteroatoms. The van der Waals surface area contributed by atoms with Gasteiger partial charge in [0.25, 0.3) is 5.91 Å². The summed E-state index contributed by atoms with van der Waals surface area (Å²) < 4.78 is 0. The van der Waals surface area contributed by atoms with Gasteiger partial charge in [-0.15, -0.1) is 11.3 Å². The van der Waals surface area contributed by atoms with E-state index in [1.807, 2.05) is 13.8 Å². The van der Waals surface area contributed by atoms with Gasteiger partial charge in [0.05, 0.1) is 0 Å². The van der Waals surface area contributed by atoms with Crippen molar-refractivity contribution in [3.05, 3.63) is 40.9 Å². The quantitative estimate of drug-likeness (QED) is 0.679. The van der Waals surface area contributed by atoms with Crippen molar-refractivity contribution >= 4 is 34.0 Å². The van der Waals surface area contributed by atoms with Crippen LogP contribution in [0.25, 0.3) is 0 Å². The van der Waals surface area contributed by atoms with Gasteiger partial charge in [-0.25, -0.2) is 10.4 Å². The summed E-state index contributed by atoms with van der Waals surface area (Å²) in [7, 11) is 0. The van der Waals surface area contributed by atoms with Crippen LogP contribution in [-0.2, 0) is 4.79 Å². The maximum atomic E-state index is 12.4. The summed E-state index contributed by atoms with van der Waals surface area (Å²) in [5.74, 6) is -0.361. The fourth-order valence-corrected chi connectivity index (χ4v) is 3.10. The lowest BCUT2D eigenvalue weighted by atomic mass is 10.1. The molecule has 3 rings (SSSR count). The van der Waals surface area contributed by atoms with Crippen LogP contribution in [0.2, 0.25) is 0 Å². The number of aromatic nitrogens is 1. The minimum atomic E-state index is -0.285.